The fraction of sp³-hybridized carbons (Fsp3) is 0.143. The van der Waals surface area contributed by atoms with Crippen LogP contribution >= 0.6 is 51.5 Å². The molecular weight excluding hydrogens is 572 g/mol. The molecule has 0 saturated carbocycles. The highest BCUT2D eigenvalue weighted by atomic mass is 79.9. The normalized spacial score (nSPS) is 21.4. The van der Waals surface area contributed by atoms with E-state index in [1.807, 2.05) is 42.5 Å². The van der Waals surface area contributed by atoms with Gasteiger partial charge in [0.2, 0.25) is 0 Å². The number of halogens is 2. The fourth-order valence-electron chi connectivity index (χ4n) is 4.53. The Morgan fingerprint density at radius 2 is 1.92 bits per heavy atom. The maximum atomic E-state index is 9.03. The number of thioether (sulfide) groups is 1. The number of benzene rings is 2. The van der Waals surface area contributed by atoms with E-state index in [4.69, 9.17) is 29.2 Å². The Labute approximate surface area is 234 Å². The molecule has 2 aliphatic heterocycles. The van der Waals surface area contributed by atoms with E-state index in [9.17, 15) is 0 Å². The SMILES string of the molecule is C=C(/C(=C1\C(=N)SC(C2NNC(=S)N2Cc2ccccc2)=C1Br)C1C=CCC=C1)c1cccc(Cl)c1. The first-order valence-corrected chi connectivity index (χ1v) is 13.9. The molecule has 2 heterocycles. The van der Waals surface area contributed by atoms with E-state index >= 15 is 0 Å². The molecule has 3 N–H and O–H groups in total. The lowest BCUT2D eigenvalue weighted by Crippen LogP contribution is -2.37. The maximum Gasteiger partial charge on any atom is 0.185 e. The van der Waals surface area contributed by atoms with Crippen molar-refractivity contribution < 1.29 is 0 Å². The summed E-state index contributed by atoms with van der Waals surface area (Å²) in [4.78, 5) is 3.09. The molecule has 2 aromatic carbocycles. The Balaban J connectivity index is 1.58. The molecule has 5 rings (SSSR count). The van der Waals surface area contributed by atoms with Crippen molar-refractivity contribution in [1.29, 1.82) is 5.41 Å². The molecule has 1 fully saturated rings. The van der Waals surface area contributed by atoms with E-state index in [1.165, 1.54) is 11.8 Å². The Morgan fingerprint density at radius 1 is 1.17 bits per heavy atom. The number of allylic oxidation sites excluding steroid dienone is 7. The van der Waals surface area contributed by atoms with Gasteiger partial charge in [0.25, 0.3) is 0 Å². The van der Waals surface area contributed by atoms with Crippen molar-refractivity contribution in [2.24, 2.45) is 5.92 Å². The average molecular weight is 596 g/mol. The summed E-state index contributed by atoms with van der Waals surface area (Å²) >= 11 is 17.3. The number of rotatable bonds is 6. The van der Waals surface area contributed by atoms with E-state index in [1.54, 1.807) is 0 Å². The lowest BCUT2D eigenvalue weighted by atomic mass is 9.83. The molecule has 36 heavy (non-hydrogen) atoms. The minimum absolute atomic E-state index is 0.00393. The molecule has 1 aliphatic carbocycles. The summed E-state index contributed by atoms with van der Waals surface area (Å²) in [5, 5.41) is 10.8. The molecule has 8 heteroatoms. The Hall–Kier alpha value is -2.42. The Kier molecular flexibility index (Phi) is 7.65. The van der Waals surface area contributed by atoms with Gasteiger partial charge in [0.05, 0.1) is 0 Å². The standard InChI is InChI=1S/C28H24BrClN4S2/c1-17(20-13-8-14-21(30)15-20)22(19-11-6-3-7-12-19)23-24(29)25(36-26(23)31)27-32-33-28(35)34(27)16-18-9-4-2-5-10-18/h2,4-15,19,27,31-32H,1,3,16H2,(H,33,35)/b23-22+,31-26?. The molecular formula is C28H24BrClN4S2. The molecule has 0 radical (unpaired) electrons. The van der Waals surface area contributed by atoms with Gasteiger partial charge in [0.15, 0.2) is 5.11 Å². The summed E-state index contributed by atoms with van der Waals surface area (Å²) in [5.74, 6) is 0.00393. The van der Waals surface area contributed by atoms with Crippen LogP contribution in [0.5, 0.6) is 0 Å². The predicted molar refractivity (Wildman–Crippen MR) is 160 cm³/mol. The van der Waals surface area contributed by atoms with Gasteiger partial charge in [0, 0.05) is 32.4 Å². The van der Waals surface area contributed by atoms with Gasteiger partial charge < -0.3 is 4.90 Å². The summed E-state index contributed by atoms with van der Waals surface area (Å²) < 4.78 is 0.880. The molecule has 0 amide bonds. The van der Waals surface area contributed by atoms with E-state index in [0.29, 0.717) is 21.7 Å². The summed E-state index contributed by atoms with van der Waals surface area (Å²) in [5.41, 5.74) is 11.2. The van der Waals surface area contributed by atoms with E-state index in [-0.39, 0.29) is 12.1 Å². The molecule has 0 bridgehead atoms. The highest BCUT2D eigenvalue weighted by Crippen LogP contribution is 2.48. The predicted octanol–water partition coefficient (Wildman–Crippen LogP) is 7.33. The Morgan fingerprint density at radius 3 is 2.64 bits per heavy atom. The van der Waals surface area contributed by atoms with Crippen LogP contribution in [-0.4, -0.2) is 21.2 Å². The van der Waals surface area contributed by atoms with E-state index < -0.39 is 0 Å². The van der Waals surface area contributed by atoms with Crippen molar-refractivity contribution in [1.82, 2.24) is 15.8 Å². The van der Waals surface area contributed by atoms with Crippen LogP contribution in [0.2, 0.25) is 5.02 Å². The van der Waals surface area contributed by atoms with Crippen LogP contribution < -0.4 is 10.9 Å². The first-order chi connectivity index (χ1) is 17.4. The largest absolute Gasteiger partial charge is 0.322 e. The first-order valence-electron chi connectivity index (χ1n) is 11.5. The van der Waals surface area contributed by atoms with Gasteiger partial charge in [-0.2, -0.15) is 0 Å². The monoisotopic (exact) mass is 594 g/mol. The van der Waals surface area contributed by atoms with Gasteiger partial charge in [-0.1, -0.05) is 96.7 Å². The third kappa shape index (κ3) is 5.04. The molecule has 1 atom stereocenters. The number of thiocarbonyl (C=S) groups is 1. The minimum atomic E-state index is -0.215. The maximum absolute atomic E-state index is 9.03. The van der Waals surface area contributed by atoms with Crippen molar-refractivity contribution in [3.63, 3.8) is 0 Å². The van der Waals surface area contributed by atoms with E-state index in [0.717, 1.165) is 43.7 Å². The first kappa shape index (κ1) is 25.2. The fourth-order valence-corrected chi connectivity index (χ4v) is 6.97. The summed E-state index contributed by atoms with van der Waals surface area (Å²) in [6, 6.07) is 18.0. The highest BCUT2D eigenvalue weighted by molar-refractivity contribution is 9.12. The zero-order valence-electron chi connectivity index (χ0n) is 19.3. The van der Waals surface area contributed by atoms with Gasteiger partial charge in [-0.05, 0) is 69.0 Å². The van der Waals surface area contributed by atoms with Crippen molar-refractivity contribution in [3.8, 4) is 0 Å². The molecule has 1 saturated heterocycles. The second-order valence-corrected chi connectivity index (χ2v) is 11.3. The van der Waals surface area contributed by atoms with Crippen LogP contribution in [0.25, 0.3) is 5.57 Å². The van der Waals surface area contributed by atoms with Crippen molar-refractivity contribution >= 4 is 67.2 Å². The number of nitrogens with one attached hydrogen (secondary N) is 3. The van der Waals surface area contributed by atoms with Crippen LogP contribution in [0, 0.1) is 11.3 Å². The third-order valence-electron chi connectivity index (χ3n) is 6.27. The number of hydrazine groups is 1. The van der Waals surface area contributed by atoms with Gasteiger partial charge in [-0.3, -0.25) is 10.8 Å². The van der Waals surface area contributed by atoms with Crippen molar-refractivity contribution in [2.75, 3.05) is 0 Å². The van der Waals surface area contributed by atoms with Crippen molar-refractivity contribution in [3.05, 3.63) is 122 Å². The number of hydrogen-bond acceptors (Lipinski definition) is 4. The minimum Gasteiger partial charge on any atom is -0.322 e. The molecule has 182 valence electrons. The molecule has 0 spiro atoms. The quantitative estimate of drug-likeness (QED) is 0.241. The molecule has 1 unspecified atom stereocenters. The van der Waals surface area contributed by atoms with Crippen LogP contribution in [-0.2, 0) is 6.54 Å². The second-order valence-electron chi connectivity index (χ2n) is 8.60. The molecule has 0 aromatic heterocycles. The van der Waals surface area contributed by atoms with E-state index in [2.05, 4.69) is 74.7 Å². The number of hydrogen-bond donors (Lipinski definition) is 3. The summed E-state index contributed by atoms with van der Waals surface area (Å²) in [6.45, 7) is 5.12. The Bertz CT molecular complexity index is 1350. The molecule has 2 aromatic rings. The van der Waals surface area contributed by atoms with Crippen LogP contribution in [0.1, 0.15) is 17.5 Å². The second kappa shape index (κ2) is 10.9. The smallest absolute Gasteiger partial charge is 0.185 e. The van der Waals surface area contributed by atoms with Crippen molar-refractivity contribution in [2.45, 2.75) is 19.1 Å². The van der Waals surface area contributed by atoms with Crippen LogP contribution in [0.4, 0.5) is 0 Å². The molecule has 3 aliphatic rings. The zero-order valence-corrected chi connectivity index (χ0v) is 23.3. The molecule has 4 nitrogen and oxygen atoms in total. The highest BCUT2D eigenvalue weighted by Gasteiger charge is 2.39. The third-order valence-corrected chi connectivity index (χ3v) is 8.98. The zero-order chi connectivity index (χ0) is 25.2. The lowest BCUT2D eigenvalue weighted by molar-refractivity contribution is 0.352. The number of nitrogens with zero attached hydrogens (tertiary/aromatic N) is 1. The topological polar surface area (TPSA) is 51.2 Å². The van der Waals surface area contributed by atoms with Gasteiger partial charge >= 0.3 is 0 Å². The van der Waals surface area contributed by atoms with Gasteiger partial charge in [0.1, 0.15) is 11.2 Å². The average Bonchev–Trinajstić information content (AvgIpc) is 3.39. The van der Waals surface area contributed by atoms with Crippen LogP contribution in [0.3, 0.4) is 0 Å². The summed E-state index contributed by atoms with van der Waals surface area (Å²) in [7, 11) is 0. The lowest BCUT2D eigenvalue weighted by Gasteiger charge is -2.25. The van der Waals surface area contributed by atoms with Gasteiger partial charge in [-0.15, -0.1) is 0 Å². The summed E-state index contributed by atoms with van der Waals surface area (Å²) in [6.07, 6.45) is 9.36. The van der Waals surface area contributed by atoms with Crippen LogP contribution in [0.15, 0.2) is 106 Å². The van der Waals surface area contributed by atoms with Gasteiger partial charge in [-0.25, -0.2) is 5.43 Å².